The number of carbonyl (C=O) groups excluding carboxylic acids is 1. The van der Waals surface area contributed by atoms with Crippen molar-refractivity contribution >= 4 is 22.2 Å². The van der Waals surface area contributed by atoms with E-state index < -0.39 is 0 Å². The summed E-state index contributed by atoms with van der Waals surface area (Å²) in [5, 5.41) is 4.95. The van der Waals surface area contributed by atoms with Crippen LogP contribution in [0.3, 0.4) is 0 Å². The second-order valence-corrected chi connectivity index (χ2v) is 6.03. The maximum Gasteiger partial charge on any atom is 0.226 e. The number of nitrogens with one attached hydrogen (secondary N) is 1. The smallest absolute Gasteiger partial charge is 0.226 e. The first-order valence-corrected chi connectivity index (χ1v) is 8.17. The fourth-order valence-corrected chi connectivity index (χ4v) is 3.16. The predicted molar refractivity (Wildman–Crippen MR) is 81.7 cm³/mol. The highest BCUT2D eigenvalue weighted by atomic mass is 32.1. The Morgan fingerprint density at radius 1 is 1.43 bits per heavy atom. The van der Waals surface area contributed by atoms with Crippen LogP contribution in [0.1, 0.15) is 12.1 Å². The lowest BCUT2D eigenvalue weighted by atomic mass is 10.3. The number of hydrogen-bond donors (Lipinski definition) is 1. The van der Waals surface area contributed by atoms with Gasteiger partial charge in [-0.1, -0.05) is 0 Å². The molecule has 0 saturated carbocycles. The van der Waals surface area contributed by atoms with E-state index in [1.54, 1.807) is 11.3 Å². The lowest BCUT2D eigenvalue weighted by Gasteiger charge is -2.26. The molecule has 2 aromatic rings. The number of thiazole rings is 1. The van der Waals surface area contributed by atoms with Crippen LogP contribution in [0.15, 0.2) is 17.8 Å². The number of aromatic nitrogens is 2. The van der Waals surface area contributed by atoms with Gasteiger partial charge in [0.1, 0.15) is 0 Å². The maximum atomic E-state index is 11.9. The summed E-state index contributed by atoms with van der Waals surface area (Å²) < 4.78 is 7.26. The fraction of sp³-hybridized carbons (Fsp3) is 0.571. The normalized spacial score (nSPS) is 16.4. The Balaban J connectivity index is 1.35. The Bertz CT molecular complexity index is 560. The van der Waals surface area contributed by atoms with E-state index in [1.165, 1.54) is 0 Å². The highest BCUT2D eigenvalue weighted by Gasteiger charge is 2.10. The third-order valence-corrected chi connectivity index (χ3v) is 4.33. The van der Waals surface area contributed by atoms with Crippen molar-refractivity contribution in [1.82, 2.24) is 19.6 Å². The molecule has 0 spiro atoms. The summed E-state index contributed by atoms with van der Waals surface area (Å²) in [6.45, 7) is 5.38. The number of hydrogen-bond acceptors (Lipinski definition) is 5. The minimum atomic E-state index is 0.0442. The van der Waals surface area contributed by atoms with Gasteiger partial charge in [-0.2, -0.15) is 0 Å². The minimum Gasteiger partial charge on any atom is -0.379 e. The standard InChI is InChI=1S/C14H20N4O2S/c19-13(10-12-11-18-6-9-21-14(18)16-12)15-2-1-3-17-4-7-20-8-5-17/h6,9,11H,1-5,7-8,10H2,(H,15,19). The van der Waals surface area contributed by atoms with E-state index >= 15 is 0 Å². The van der Waals surface area contributed by atoms with Gasteiger partial charge in [-0.15, -0.1) is 11.3 Å². The van der Waals surface area contributed by atoms with E-state index in [1.807, 2.05) is 22.2 Å². The molecular formula is C14H20N4O2S. The second kappa shape index (κ2) is 7.02. The van der Waals surface area contributed by atoms with Gasteiger partial charge >= 0.3 is 0 Å². The van der Waals surface area contributed by atoms with E-state index in [0.717, 1.165) is 56.5 Å². The average Bonchev–Trinajstić information content (AvgIpc) is 3.06. The van der Waals surface area contributed by atoms with Crippen molar-refractivity contribution in [2.45, 2.75) is 12.8 Å². The summed E-state index contributed by atoms with van der Waals surface area (Å²) in [5.74, 6) is 0.0442. The van der Waals surface area contributed by atoms with Crippen LogP contribution in [0.2, 0.25) is 0 Å². The minimum absolute atomic E-state index is 0.0442. The van der Waals surface area contributed by atoms with Gasteiger partial charge in [0, 0.05) is 37.4 Å². The fourth-order valence-electron chi connectivity index (χ4n) is 2.44. The first kappa shape index (κ1) is 14.5. The summed E-state index contributed by atoms with van der Waals surface area (Å²) in [5.41, 5.74) is 0.826. The van der Waals surface area contributed by atoms with E-state index in [4.69, 9.17) is 4.74 Å². The molecule has 1 saturated heterocycles. The number of nitrogens with zero attached hydrogens (tertiary/aromatic N) is 3. The molecule has 0 radical (unpaired) electrons. The predicted octanol–water partition coefficient (Wildman–Crippen LogP) is 0.777. The van der Waals surface area contributed by atoms with Crippen LogP contribution in [0, 0.1) is 0 Å². The molecule has 1 fully saturated rings. The van der Waals surface area contributed by atoms with E-state index in [2.05, 4.69) is 15.2 Å². The molecule has 2 aromatic heterocycles. The third kappa shape index (κ3) is 4.03. The van der Waals surface area contributed by atoms with Gasteiger partial charge in [0.2, 0.25) is 5.91 Å². The number of rotatable bonds is 6. The highest BCUT2D eigenvalue weighted by Crippen LogP contribution is 2.11. The topological polar surface area (TPSA) is 58.9 Å². The van der Waals surface area contributed by atoms with Gasteiger partial charge in [0.25, 0.3) is 0 Å². The van der Waals surface area contributed by atoms with Crippen LogP contribution in [0.5, 0.6) is 0 Å². The van der Waals surface area contributed by atoms with E-state index in [0.29, 0.717) is 6.42 Å². The lowest BCUT2D eigenvalue weighted by molar-refractivity contribution is -0.120. The van der Waals surface area contributed by atoms with Crippen molar-refractivity contribution in [3.8, 4) is 0 Å². The first-order valence-electron chi connectivity index (χ1n) is 7.29. The summed E-state index contributed by atoms with van der Waals surface area (Å²) in [4.78, 5) is 19.6. The highest BCUT2D eigenvalue weighted by molar-refractivity contribution is 7.15. The zero-order valence-electron chi connectivity index (χ0n) is 12.0. The molecule has 3 heterocycles. The Hall–Kier alpha value is -1.44. The number of carbonyl (C=O) groups is 1. The molecule has 7 heteroatoms. The second-order valence-electron chi connectivity index (χ2n) is 5.16. The van der Waals surface area contributed by atoms with Crippen molar-refractivity contribution in [1.29, 1.82) is 0 Å². The molecule has 1 N–H and O–H groups in total. The maximum absolute atomic E-state index is 11.9. The van der Waals surface area contributed by atoms with E-state index in [9.17, 15) is 4.79 Å². The summed E-state index contributed by atoms with van der Waals surface area (Å²) in [6, 6.07) is 0. The SMILES string of the molecule is O=C(Cc1cn2ccsc2n1)NCCCN1CCOCC1. The molecular weight excluding hydrogens is 288 g/mol. The van der Waals surface area contributed by atoms with Gasteiger partial charge < -0.3 is 10.1 Å². The molecule has 0 aromatic carbocycles. The molecule has 0 bridgehead atoms. The Morgan fingerprint density at radius 2 is 2.29 bits per heavy atom. The Morgan fingerprint density at radius 3 is 3.10 bits per heavy atom. The number of imidazole rings is 1. The summed E-state index contributed by atoms with van der Waals surface area (Å²) in [6.07, 6.45) is 5.20. The van der Waals surface area contributed by atoms with Crippen molar-refractivity contribution in [2.75, 3.05) is 39.4 Å². The van der Waals surface area contributed by atoms with Crippen molar-refractivity contribution < 1.29 is 9.53 Å². The first-order chi connectivity index (χ1) is 10.3. The molecule has 3 rings (SSSR count). The van der Waals surface area contributed by atoms with E-state index in [-0.39, 0.29) is 5.91 Å². The van der Waals surface area contributed by atoms with Gasteiger partial charge in [-0.05, 0) is 13.0 Å². The molecule has 21 heavy (non-hydrogen) atoms. The van der Waals surface area contributed by atoms with Crippen LogP contribution in [0.4, 0.5) is 0 Å². The molecule has 114 valence electrons. The van der Waals surface area contributed by atoms with Gasteiger partial charge in [-0.25, -0.2) is 4.98 Å². The van der Waals surface area contributed by atoms with Crippen LogP contribution < -0.4 is 5.32 Å². The van der Waals surface area contributed by atoms with Crippen LogP contribution in [-0.4, -0.2) is 59.6 Å². The number of ether oxygens (including phenoxy) is 1. The monoisotopic (exact) mass is 308 g/mol. The zero-order chi connectivity index (χ0) is 14.5. The zero-order valence-corrected chi connectivity index (χ0v) is 12.8. The van der Waals surface area contributed by atoms with Crippen molar-refractivity contribution in [3.05, 3.63) is 23.5 Å². The molecule has 0 atom stereocenters. The van der Waals surface area contributed by atoms with Crippen LogP contribution in [-0.2, 0) is 16.0 Å². The van der Waals surface area contributed by atoms with Crippen LogP contribution >= 0.6 is 11.3 Å². The molecule has 1 aliphatic heterocycles. The molecule has 0 aliphatic carbocycles. The van der Waals surface area contributed by atoms with Gasteiger partial charge in [0.05, 0.1) is 25.3 Å². The van der Waals surface area contributed by atoms with Crippen LogP contribution in [0.25, 0.3) is 4.96 Å². The lowest BCUT2D eigenvalue weighted by Crippen LogP contribution is -2.38. The number of fused-ring (bicyclic) bond motifs is 1. The Labute approximate surface area is 127 Å². The van der Waals surface area contributed by atoms with Crippen molar-refractivity contribution in [3.63, 3.8) is 0 Å². The largest absolute Gasteiger partial charge is 0.379 e. The van der Waals surface area contributed by atoms with Crippen molar-refractivity contribution in [2.24, 2.45) is 0 Å². The molecule has 1 amide bonds. The number of morpholine rings is 1. The summed E-state index contributed by atoms with van der Waals surface area (Å²) in [7, 11) is 0. The summed E-state index contributed by atoms with van der Waals surface area (Å²) >= 11 is 1.58. The third-order valence-electron chi connectivity index (χ3n) is 3.56. The number of amides is 1. The average molecular weight is 308 g/mol. The molecule has 6 nitrogen and oxygen atoms in total. The van der Waals surface area contributed by atoms with Gasteiger partial charge in [0.15, 0.2) is 4.96 Å². The van der Waals surface area contributed by atoms with Gasteiger partial charge in [-0.3, -0.25) is 14.1 Å². The molecule has 0 unspecified atom stereocenters. The Kier molecular flexibility index (Phi) is 4.84. The molecule has 1 aliphatic rings. The quantitative estimate of drug-likeness (QED) is 0.801.